The summed E-state index contributed by atoms with van der Waals surface area (Å²) >= 11 is 11.8. The van der Waals surface area contributed by atoms with Gasteiger partial charge in [0.2, 0.25) is 10.0 Å². The van der Waals surface area contributed by atoms with Crippen LogP contribution in [0, 0.1) is 5.92 Å². The highest BCUT2D eigenvalue weighted by atomic mass is 35.5. The Morgan fingerprint density at radius 2 is 1.87 bits per heavy atom. The Bertz CT molecular complexity index is 623. The van der Waals surface area contributed by atoms with Crippen molar-refractivity contribution in [3.05, 3.63) is 22.2 Å². The van der Waals surface area contributed by atoms with Gasteiger partial charge in [0.15, 0.2) is 0 Å². The minimum Gasteiger partial charge on any atom is -0.396 e. The van der Waals surface area contributed by atoms with Gasteiger partial charge in [0.1, 0.15) is 0 Å². The number of rotatable bonds is 7. The third-order valence-electron chi connectivity index (χ3n) is 3.77. The highest BCUT2D eigenvalue weighted by Gasteiger charge is 2.20. The molecule has 0 unspecified atom stereocenters. The van der Waals surface area contributed by atoms with Crippen molar-refractivity contribution in [2.45, 2.75) is 38.7 Å². The molecule has 0 amide bonds. The summed E-state index contributed by atoms with van der Waals surface area (Å²) in [5.41, 5.74) is 6.17. The van der Waals surface area contributed by atoms with E-state index in [1.165, 1.54) is 25.0 Å². The molecule has 1 atom stereocenters. The molecule has 0 spiro atoms. The van der Waals surface area contributed by atoms with Crippen LogP contribution in [0.5, 0.6) is 0 Å². The van der Waals surface area contributed by atoms with E-state index < -0.39 is 10.0 Å². The number of ether oxygens (including phenoxy) is 1. The second-order valence-electron chi connectivity index (χ2n) is 6.08. The zero-order chi connectivity index (χ0) is 17.0. The second kappa shape index (κ2) is 7.92. The topological polar surface area (TPSA) is 81.4 Å². The fourth-order valence-electron chi connectivity index (χ4n) is 2.64. The van der Waals surface area contributed by atoms with Crippen LogP contribution in [-0.4, -0.2) is 26.9 Å². The van der Waals surface area contributed by atoms with Gasteiger partial charge >= 0.3 is 0 Å². The number of anilines is 2. The SMILES string of the molecule is C[C@H](COC1CCCC1)CS(=O)(=O)Nc1cc(Cl)c(N)c(Cl)c1. The second-order valence-corrected chi connectivity index (χ2v) is 8.66. The highest BCUT2D eigenvalue weighted by molar-refractivity contribution is 7.92. The van der Waals surface area contributed by atoms with Gasteiger partial charge in [-0.25, -0.2) is 8.42 Å². The monoisotopic (exact) mass is 380 g/mol. The van der Waals surface area contributed by atoms with Gasteiger partial charge in [-0.2, -0.15) is 0 Å². The maximum atomic E-state index is 12.2. The zero-order valence-electron chi connectivity index (χ0n) is 13.0. The Morgan fingerprint density at radius 3 is 2.43 bits per heavy atom. The predicted molar refractivity (Wildman–Crippen MR) is 95.7 cm³/mol. The molecule has 8 heteroatoms. The summed E-state index contributed by atoms with van der Waals surface area (Å²) in [7, 11) is -3.51. The molecule has 0 radical (unpaired) electrons. The Kier molecular flexibility index (Phi) is 6.42. The first-order chi connectivity index (χ1) is 10.8. The molecule has 1 aliphatic rings. The summed E-state index contributed by atoms with van der Waals surface area (Å²) in [5.74, 6) is -0.132. The number of nitrogens with two attached hydrogens (primary N) is 1. The van der Waals surface area contributed by atoms with Gasteiger partial charge in [-0.1, -0.05) is 43.0 Å². The Balaban J connectivity index is 1.90. The molecule has 0 saturated heterocycles. The van der Waals surface area contributed by atoms with Crippen LogP contribution in [0.2, 0.25) is 10.0 Å². The fraction of sp³-hybridized carbons (Fsp3) is 0.600. The van der Waals surface area contributed by atoms with Crippen LogP contribution in [0.1, 0.15) is 32.6 Å². The molecule has 5 nitrogen and oxygen atoms in total. The van der Waals surface area contributed by atoms with Crippen LogP contribution in [0.25, 0.3) is 0 Å². The molecule has 0 aromatic heterocycles. The molecular formula is C15H22Cl2N2O3S. The lowest BCUT2D eigenvalue weighted by Gasteiger charge is -2.17. The van der Waals surface area contributed by atoms with Crippen molar-refractivity contribution in [3.63, 3.8) is 0 Å². The van der Waals surface area contributed by atoms with E-state index in [0.29, 0.717) is 12.3 Å². The first-order valence-electron chi connectivity index (χ1n) is 7.63. The molecule has 1 aliphatic carbocycles. The number of hydrogen-bond donors (Lipinski definition) is 2. The maximum absolute atomic E-state index is 12.2. The van der Waals surface area contributed by atoms with Crippen LogP contribution in [0.3, 0.4) is 0 Å². The standard InChI is InChI=1S/C15H22Cl2N2O3S/c1-10(8-22-12-4-2-3-5-12)9-23(20,21)19-11-6-13(16)15(18)14(17)7-11/h6-7,10,12,19H,2-5,8-9,18H2,1H3/t10-/m1/s1. The van der Waals surface area contributed by atoms with Crippen molar-refractivity contribution >= 4 is 44.6 Å². The first-order valence-corrected chi connectivity index (χ1v) is 10.0. The number of nitrogens with one attached hydrogen (secondary N) is 1. The number of halogens is 2. The van der Waals surface area contributed by atoms with Crippen molar-refractivity contribution in [1.82, 2.24) is 0 Å². The number of nitrogen functional groups attached to an aromatic ring is 1. The first kappa shape index (κ1) is 18.6. The van der Waals surface area contributed by atoms with Crippen molar-refractivity contribution in [2.24, 2.45) is 5.92 Å². The van der Waals surface area contributed by atoms with Gasteiger partial charge in [-0.15, -0.1) is 0 Å². The summed E-state index contributed by atoms with van der Waals surface area (Å²) in [6.45, 7) is 2.30. The maximum Gasteiger partial charge on any atom is 0.233 e. The molecule has 1 aromatic rings. The van der Waals surface area contributed by atoms with E-state index in [1.54, 1.807) is 0 Å². The predicted octanol–water partition coefficient (Wildman–Crippen LogP) is 3.91. The quantitative estimate of drug-likeness (QED) is 0.702. The average Bonchev–Trinajstić information content (AvgIpc) is 2.94. The molecule has 130 valence electrons. The van der Waals surface area contributed by atoms with Crippen LogP contribution >= 0.6 is 23.2 Å². The minimum atomic E-state index is -3.51. The number of sulfonamides is 1. The minimum absolute atomic E-state index is 0.0284. The molecule has 0 aliphatic heterocycles. The van der Waals surface area contributed by atoms with E-state index in [-0.39, 0.29) is 33.5 Å². The summed E-state index contributed by atoms with van der Waals surface area (Å²) in [5, 5.41) is 0.431. The van der Waals surface area contributed by atoms with Crippen molar-refractivity contribution in [2.75, 3.05) is 22.8 Å². The molecule has 2 rings (SSSR count). The third-order valence-corrected chi connectivity index (χ3v) is 5.95. The lowest BCUT2D eigenvalue weighted by atomic mass is 10.2. The molecule has 1 fully saturated rings. The molecule has 0 bridgehead atoms. The fourth-order valence-corrected chi connectivity index (χ4v) is 4.54. The number of benzene rings is 1. The van der Waals surface area contributed by atoms with Gasteiger partial charge in [0.05, 0.1) is 39.9 Å². The van der Waals surface area contributed by atoms with E-state index in [9.17, 15) is 8.42 Å². The van der Waals surface area contributed by atoms with Gasteiger partial charge in [0, 0.05) is 0 Å². The highest BCUT2D eigenvalue weighted by Crippen LogP contribution is 2.31. The van der Waals surface area contributed by atoms with Gasteiger partial charge in [-0.05, 0) is 30.9 Å². The Hall–Kier alpha value is -0.690. The summed E-state index contributed by atoms with van der Waals surface area (Å²) < 4.78 is 32.7. The van der Waals surface area contributed by atoms with Crippen LogP contribution < -0.4 is 10.5 Å². The summed E-state index contributed by atoms with van der Waals surface area (Å²) in [6, 6.07) is 2.89. The van der Waals surface area contributed by atoms with Crippen LogP contribution in [0.15, 0.2) is 12.1 Å². The molecular weight excluding hydrogens is 359 g/mol. The molecule has 1 saturated carbocycles. The van der Waals surface area contributed by atoms with E-state index in [1.807, 2.05) is 6.92 Å². The Morgan fingerprint density at radius 1 is 1.30 bits per heavy atom. The molecule has 3 N–H and O–H groups in total. The summed E-state index contributed by atoms with van der Waals surface area (Å²) in [6.07, 6.45) is 4.80. The molecule has 1 aromatic carbocycles. The van der Waals surface area contributed by atoms with E-state index in [2.05, 4.69) is 4.72 Å². The lowest BCUT2D eigenvalue weighted by Crippen LogP contribution is -2.25. The van der Waals surface area contributed by atoms with E-state index in [0.717, 1.165) is 12.8 Å². The normalized spacial score (nSPS) is 17.3. The average molecular weight is 381 g/mol. The van der Waals surface area contributed by atoms with Crippen LogP contribution in [-0.2, 0) is 14.8 Å². The van der Waals surface area contributed by atoms with E-state index >= 15 is 0 Å². The number of hydrogen-bond acceptors (Lipinski definition) is 4. The zero-order valence-corrected chi connectivity index (χ0v) is 15.3. The van der Waals surface area contributed by atoms with Crippen molar-refractivity contribution in [3.8, 4) is 0 Å². The molecule has 0 heterocycles. The largest absolute Gasteiger partial charge is 0.396 e. The van der Waals surface area contributed by atoms with Gasteiger partial charge in [-0.3, -0.25) is 4.72 Å². The Labute approximate surface area is 147 Å². The molecule has 23 heavy (non-hydrogen) atoms. The van der Waals surface area contributed by atoms with E-state index in [4.69, 9.17) is 33.7 Å². The third kappa shape index (κ3) is 5.71. The van der Waals surface area contributed by atoms with Gasteiger partial charge < -0.3 is 10.5 Å². The lowest BCUT2D eigenvalue weighted by molar-refractivity contribution is 0.0413. The van der Waals surface area contributed by atoms with Crippen molar-refractivity contribution < 1.29 is 13.2 Å². The van der Waals surface area contributed by atoms with Crippen LogP contribution in [0.4, 0.5) is 11.4 Å². The van der Waals surface area contributed by atoms with Gasteiger partial charge in [0.25, 0.3) is 0 Å². The summed E-state index contributed by atoms with van der Waals surface area (Å²) in [4.78, 5) is 0. The van der Waals surface area contributed by atoms with Crippen molar-refractivity contribution in [1.29, 1.82) is 0 Å². The smallest absolute Gasteiger partial charge is 0.233 e.